The molecule has 0 radical (unpaired) electrons. The largest absolute Gasteiger partial charge is 0.391 e. The van der Waals surface area contributed by atoms with Crippen LogP contribution in [0.25, 0.3) is 0 Å². The van der Waals surface area contributed by atoms with Crippen molar-refractivity contribution in [3.8, 4) is 0 Å². The Bertz CT molecular complexity index is 407. The summed E-state index contributed by atoms with van der Waals surface area (Å²) in [5.41, 5.74) is 1.05. The molecule has 0 saturated heterocycles. The minimum absolute atomic E-state index is 0.111. The number of amides is 1. The van der Waals surface area contributed by atoms with Gasteiger partial charge in [-0.2, -0.15) is 0 Å². The lowest BCUT2D eigenvalue weighted by atomic mass is 10.1. The molecular formula is C12H17ClN2O2. The highest BCUT2D eigenvalue weighted by molar-refractivity contribution is 6.29. The number of carbonyl (C=O) groups is 1. The molecule has 1 heterocycles. The van der Waals surface area contributed by atoms with Crippen LogP contribution < -0.4 is 5.32 Å². The molecule has 94 valence electrons. The molecule has 0 aromatic carbocycles. The number of nitrogens with one attached hydrogen (secondary N) is 1. The SMILES string of the molecule is Cc1nc(Cl)ccc1C(=O)NCC(O)C(C)C. The Morgan fingerprint density at radius 2 is 2.18 bits per heavy atom. The molecule has 1 rings (SSSR count). The van der Waals surface area contributed by atoms with E-state index in [-0.39, 0.29) is 18.4 Å². The molecule has 1 unspecified atom stereocenters. The van der Waals surface area contributed by atoms with E-state index in [2.05, 4.69) is 10.3 Å². The molecule has 0 fully saturated rings. The maximum absolute atomic E-state index is 11.8. The third-order valence-corrected chi connectivity index (χ3v) is 2.75. The van der Waals surface area contributed by atoms with E-state index in [1.807, 2.05) is 13.8 Å². The highest BCUT2D eigenvalue weighted by Gasteiger charge is 2.13. The summed E-state index contributed by atoms with van der Waals surface area (Å²) < 4.78 is 0. The highest BCUT2D eigenvalue weighted by atomic mass is 35.5. The van der Waals surface area contributed by atoms with Crippen LogP contribution in [0.15, 0.2) is 12.1 Å². The lowest BCUT2D eigenvalue weighted by molar-refractivity contribution is 0.0870. The lowest BCUT2D eigenvalue weighted by Crippen LogP contribution is -2.35. The van der Waals surface area contributed by atoms with Gasteiger partial charge in [0.1, 0.15) is 5.15 Å². The predicted octanol–water partition coefficient (Wildman–Crippen LogP) is 1.79. The zero-order valence-electron chi connectivity index (χ0n) is 10.2. The Labute approximate surface area is 106 Å². The molecule has 0 aliphatic carbocycles. The van der Waals surface area contributed by atoms with Crippen LogP contribution in [0.4, 0.5) is 0 Å². The highest BCUT2D eigenvalue weighted by Crippen LogP contribution is 2.10. The average Bonchev–Trinajstić information content (AvgIpc) is 2.25. The number of nitrogens with zero attached hydrogens (tertiary/aromatic N) is 1. The van der Waals surface area contributed by atoms with E-state index in [0.29, 0.717) is 16.4 Å². The number of rotatable bonds is 4. The van der Waals surface area contributed by atoms with Gasteiger partial charge in [0, 0.05) is 6.54 Å². The van der Waals surface area contributed by atoms with Gasteiger partial charge in [0.25, 0.3) is 5.91 Å². The van der Waals surface area contributed by atoms with Gasteiger partial charge >= 0.3 is 0 Å². The summed E-state index contributed by atoms with van der Waals surface area (Å²) in [6.07, 6.45) is -0.542. The minimum Gasteiger partial charge on any atom is -0.391 e. The predicted molar refractivity (Wildman–Crippen MR) is 67.2 cm³/mol. The van der Waals surface area contributed by atoms with Crippen LogP contribution >= 0.6 is 11.6 Å². The fourth-order valence-electron chi connectivity index (χ4n) is 1.30. The molecule has 0 bridgehead atoms. The molecule has 5 heteroatoms. The molecule has 1 amide bonds. The molecule has 1 atom stereocenters. The van der Waals surface area contributed by atoms with Gasteiger partial charge in [-0.1, -0.05) is 25.4 Å². The van der Waals surface area contributed by atoms with Gasteiger partial charge in [-0.15, -0.1) is 0 Å². The number of carbonyl (C=O) groups excluding carboxylic acids is 1. The van der Waals surface area contributed by atoms with E-state index < -0.39 is 6.10 Å². The van der Waals surface area contributed by atoms with Gasteiger partial charge in [0.05, 0.1) is 17.4 Å². The number of aliphatic hydroxyl groups excluding tert-OH is 1. The zero-order valence-corrected chi connectivity index (χ0v) is 11.0. The van der Waals surface area contributed by atoms with Crippen LogP contribution in [0, 0.1) is 12.8 Å². The number of aliphatic hydroxyl groups is 1. The van der Waals surface area contributed by atoms with Crippen molar-refractivity contribution in [2.24, 2.45) is 5.92 Å². The third-order valence-electron chi connectivity index (χ3n) is 2.54. The Morgan fingerprint density at radius 1 is 1.53 bits per heavy atom. The zero-order chi connectivity index (χ0) is 13.0. The summed E-state index contributed by atoms with van der Waals surface area (Å²) in [6, 6.07) is 3.20. The summed E-state index contributed by atoms with van der Waals surface area (Å²) in [5, 5.41) is 12.6. The van der Waals surface area contributed by atoms with Crippen molar-refractivity contribution in [2.75, 3.05) is 6.54 Å². The van der Waals surface area contributed by atoms with Gasteiger partial charge < -0.3 is 10.4 Å². The number of halogens is 1. The van der Waals surface area contributed by atoms with Crippen molar-refractivity contribution in [2.45, 2.75) is 26.9 Å². The number of aromatic nitrogens is 1. The normalized spacial score (nSPS) is 12.6. The van der Waals surface area contributed by atoms with Gasteiger partial charge in [0.2, 0.25) is 0 Å². The average molecular weight is 257 g/mol. The minimum atomic E-state index is -0.542. The van der Waals surface area contributed by atoms with Crippen molar-refractivity contribution >= 4 is 17.5 Å². The summed E-state index contributed by atoms with van der Waals surface area (Å²) in [6.45, 7) is 5.75. The van der Waals surface area contributed by atoms with Crippen LogP contribution in [0.1, 0.15) is 29.9 Å². The molecule has 1 aromatic rings. The molecule has 2 N–H and O–H groups in total. The molecule has 0 aliphatic rings. The maximum Gasteiger partial charge on any atom is 0.253 e. The van der Waals surface area contributed by atoms with Crippen LogP contribution in [0.3, 0.4) is 0 Å². The Balaban J connectivity index is 2.64. The van der Waals surface area contributed by atoms with Crippen molar-refractivity contribution in [3.05, 3.63) is 28.5 Å². The van der Waals surface area contributed by atoms with Gasteiger partial charge in [0.15, 0.2) is 0 Å². The first kappa shape index (κ1) is 13.9. The Hall–Kier alpha value is -1.13. The third kappa shape index (κ3) is 3.98. The first-order chi connectivity index (χ1) is 7.91. The maximum atomic E-state index is 11.8. The van der Waals surface area contributed by atoms with E-state index in [1.165, 1.54) is 0 Å². The van der Waals surface area contributed by atoms with Crippen molar-refractivity contribution < 1.29 is 9.90 Å². The number of pyridine rings is 1. The second kappa shape index (κ2) is 5.98. The molecule has 0 aliphatic heterocycles. The second-order valence-corrected chi connectivity index (χ2v) is 4.68. The van der Waals surface area contributed by atoms with Gasteiger partial charge in [-0.25, -0.2) is 4.98 Å². The quantitative estimate of drug-likeness (QED) is 0.808. The second-order valence-electron chi connectivity index (χ2n) is 4.29. The molecule has 1 aromatic heterocycles. The van der Waals surface area contributed by atoms with Crippen molar-refractivity contribution in [1.82, 2.24) is 10.3 Å². The molecule has 0 saturated carbocycles. The van der Waals surface area contributed by atoms with Crippen LogP contribution in [0.5, 0.6) is 0 Å². The standard InChI is InChI=1S/C12H17ClN2O2/c1-7(2)10(16)6-14-12(17)9-4-5-11(13)15-8(9)3/h4-5,7,10,16H,6H2,1-3H3,(H,14,17). The van der Waals surface area contributed by atoms with Gasteiger partial charge in [-0.05, 0) is 25.0 Å². The Kier molecular flexibility index (Phi) is 4.90. The Morgan fingerprint density at radius 3 is 2.71 bits per heavy atom. The van der Waals surface area contributed by atoms with Crippen LogP contribution in [-0.2, 0) is 0 Å². The fraction of sp³-hybridized carbons (Fsp3) is 0.500. The fourth-order valence-corrected chi connectivity index (χ4v) is 1.49. The van der Waals surface area contributed by atoms with Crippen molar-refractivity contribution in [1.29, 1.82) is 0 Å². The topological polar surface area (TPSA) is 62.2 Å². The van der Waals surface area contributed by atoms with Crippen molar-refractivity contribution in [3.63, 3.8) is 0 Å². The van der Waals surface area contributed by atoms with E-state index in [9.17, 15) is 9.90 Å². The van der Waals surface area contributed by atoms with Gasteiger partial charge in [-0.3, -0.25) is 4.79 Å². The lowest BCUT2D eigenvalue weighted by Gasteiger charge is -2.15. The number of hydrogen-bond donors (Lipinski definition) is 2. The number of aryl methyl sites for hydroxylation is 1. The smallest absolute Gasteiger partial charge is 0.253 e. The molecule has 4 nitrogen and oxygen atoms in total. The summed E-state index contributed by atoms with van der Waals surface area (Å²) in [7, 11) is 0. The monoisotopic (exact) mass is 256 g/mol. The molecule has 0 spiro atoms. The first-order valence-electron chi connectivity index (χ1n) is 5.51. The summed E-state index contributed by atoms with van der Waals surface area (Å²) in [5.74, 6) is -0.133. The van der Waals surface area contributed by atoms with E-state index in [0.717, 1.165) is 0 Å². The van der Waals surface area contributed by atoms with E-state index >= 15 is 0 Å². The summed E-state index contributed by atoms with van der Waals surface area (Å²) >= 11 is 5.71. The van der Waals surface area contributed by atoms with Crippen LogP contribution in [0.2, 0.25) is 5.15 Å². The molecule has 17 heavy (non-hydrogen) atoms. The summed E-state index contributed by atoms with van der Waals surface area (Å²) in [4.78, 5) is 15.8. The molecular weight excluding hydrogens is 240 g/mol. The van der Waals surface area contributed by atoms with Crippen LogP contribution in [-0.4, -0.2) is 28.6 Å². The number of hydrogen-bond acceptors (Lipinski definition) is 3. The van der Waals surface area contributed by atoms with E-state index in [4.69, 9.17) is 11.6 Å². The first-order valence-corrected chi connectivity index (χ1v) is 5.89. The van der Waals surface area contributed by atoms with E-state index in [1.54, 1.807) is 19.1 Å².